The Balaban J connectivity index is 1.63. The van der Waals surface area contributed by atoms with Crippen LogP contribution < -0.4 is 10.6 Å². The second-order valence-electron chi connectivity index (χ2n) is 6.77. The second-order valence-corrected chi connectivity index (χ2v) is 7.18. The van der Waals surface area contributed by atoms with Crippen LogP contribution in [-0.4, -0.2) is 43.2 Å². The standard InChI is InChI=1S/C17H26ClN3/c1-17(13-19,12-14-6-7-14)21-10-8-20(9-11-21)16-5-3-2-4-15(16)18/h2-5,14H,6-13,19H2,1H3. The Morgan fingerprint density at radius 1 is 1.19 bits per heavy atom. The zero-order valence-electron chi connectivity index (χ0n) is 12.9. The molecule has 1 atom stereocenters. The van der Waals surface area contributed by atoms with Crippen molar-refractivity contribution >= 4 is 17.3 Å². The molecule has 0 amide bonds. The predicted octanol–water partition coefficient (Wildman–Crippen LogP) is 2.98. The van der Waals surface area contributed by atoms with Gasteiger partial charge in [0.15, 0.2) is 0 Å². The van der Waals surface area contributed by atoms with Crippen LogP contribution in [0.3, 0.4) is 0 Å². The lowest BCUT2D eigenvalue weighted by Gasteiger charge is -2.46. The molecule has 1 aliphatic carbocycles. The molecule has 1 aromatic rings. The quantitative estimate of drug-likeness (QED) is 0.907. The van der Waals surface area contributed by atoms with Crippen molar-refractivity contribution in [3.63, 3.8) is 0 Å². The topological polar surface area (TPSA) is 32.5 Å². The average Bonchev–Trinajstić information content (AvgIpc) is 3.32. The number of rotatable bonds is 5. The van der Waals surface area contributed by atoms with Gasteiger partial charge in [0.05, 0.1) is 10.7 Å². The van der Waals surface area contributed by atoms with Crippen molar-refractivity contribution in [2.75, 3.05) is 37.6 Å². The van der Waals surface area contributed by atoms with Crippen LogP contribution in [0, 0.1) is 5.92 Å². The third-order valence-electron chi connectivity index (χ3n) is 5.10. The number of piperazine rings is 1. The highest BCUT2D eigenvalue weighted by atomic mass is 35.5. The maximum atomic E-state index is 6.31. The van der Waals surface area contributed by atoms with E-state index in [-0.39, 0.29) is 5.54 Å². The minimum atomic E-state index is 0.174. The lowest BCUT2D eigenvalue weighted by molar-refractivity contribution is 0.0890. The molecule has 116 valence electrons. The highest BCUT2D eigenvalue weighted by Crippen LogP contribution is 2.39. The van der Waals surface area contributed by atoms with Crippen molar-refractivity contribution in [2.45, 2.75) is 31.7 Å². The van der Waals surface area contributed by atoms with Gasteiger partial charge in [0.25, 0.3) is 0 Å². The van der Waals surface area contributed by atoms with Crippen molar-refractivity contribution in [1.82, 2.24) is 4.90 Å². The van der Waals surface area contributed by atoms with Crippen LogP contribution in [0.25, 0.3) is 0 Å². The molecule has 0 spiro atoms. The lowest BCUT2D eigenvalue weighted by atomic mass is 9.91. The van der Waals surface area contributed by atoms with Crippen LogP contribution in [0.4, 0.5) is 5.69 Å². The fourth-order valence-corrected chi connectivity index (χ4v) is 3.74. The van der Waals surface area contributed by atoms with Gasteiger partial charge in [-0.15, -0.1) is 0 Å². The number of nitrogens with two attached hydrogens (primary N) is 1. The summed E-state index contributed by atoms with van der Waals surface area (Å²) in [4.78, 5) is 4.99. The van der Waals surface area contributed by atoms with Gasteiger partial charge in [0, 0.05) is 38.3 Å². The van der Waals surface area contributed by atoms with Crippen molar-refractivity contribution < 1.29 is 0 Å². The Labute approximate surface area is 133 Å². The molecular weight excluding hydrogens is 282 g/mol. The largest absolute Gasteiger partial charge is 0.368 e. The molecule has 0 radical (unpaired) electrons. The molecule has 1 saturated heterocycles. The molecule has 0 aromatic heterocycles. The van der Waals surface area contributed by atoms with Gasteiger partial charge in [-0.3, -0.25) is 4.90 Å². The Hall–Kier alpha value is -0.770. The Morgan fingerprint density at radius 3 is 2.43 bits per heavy atom. The SMILES string of the molecule is CC(CN)(CC1CC1)N1CCN(c2ccccc2Cl)CC1. The van der Waals surface area contributed by atoms with E-state index in [2.05, 4.69) is 28.9 Å². The zero-order chi connectivity index (χ0) is 14.9. The molecule has 3 nitrogen and oxygen atoms in total. The van der Waals surface area contributed by atoms with E-state index in [0.29, 0.717) is 0 Å². The van der Waals surface area contributed by atoms with Crippen molar-refractivity contribution in [2.24, 2.45) is 11.7 Å². The van der Waals surface area contributed by atoms with Crippen LogP contribution in [0.1, 0.15) is 26.2 Å². The summed E-state index contributed by atoms with van der Waals surface area (Å²) in [6.07, 6.45) is 4.06. The van der Waals surface area contributed by atoms with Crippen LogP contribution in [0.15, 0.2) is 24.3 Å². The number of hydrogen-bond acceptors (Lipinski definition) is 3. The number of anilines is 1. The van der Waals surface area contributed by atoms with E-state index < -0.39 is 0 Å². The maximum absolute atomic E-state index is 6.31. The zero-order valence-corrected chi connectivity index (χ0v) is 13.6. The van der Waals surface area contributed by atoms with Gasteiger partial charge < -0.3 is 10.6 Å². The van der Waals surface area contributed by atoms with Crippen LogP contribution in [0.2, 0.25) is 5.02 Å². The molecule has 4 heteroatoms. The van der Waals surface area contributed by atoms with Gasteiger partial charge in [0.1, 0.15) is 0 Å². The number of para-hydroxylation sites is 1. The number of nitrogens with zero attached hydrogens (tertiary/aromatic N) is 2. The molecule has 1 unspecified atom stereocenters. The minimum Gasteiger partial charge on any atom is -0.368 e. The van der Waals surface area contributed by atoms with Gasteiger partial charge in [-0.2, -0.15) is 0 Å². The summed E-state index contributed by atoms with van der Waals surface area (Å²) in [5.41, 5.74) is 7.44. The van der Waals surface area contributed by atoms with Gasteiger partial charge >= 0.3 is 0 Å². The molecule has 2 N–H and O–H groups in total. The number of benzene rings is 1. The van der Waals surface area contributed by atoms with E-state index in [0.717, 1.165) is 49.4 Å². The monoisotopic (exact) mass is 307 g/mol. The molecule has 1 saturated carbocycles. The molecule has 2 fully saturated rings. The predicted molar refractivity (Wildman–Crippen MR) is 90.0 cm³/mol. The van der Waals surface area contributed by atoms with E-state index in [1.807, 2.05) is 12.1 Å². The van der Waals surface area contributed by atoms with Gasteiger partial charge in [0.2, 0.25) is 0 Å². The molecular formula is C17H26ClN3. The normalized spacial score (nSPS) is 23.1. The fraction of sp³-hybridized carbons (Fsp3) is 0.647. The van der Waals surface area contributed by atoms with Gasteiger partial charge in [-0.1, -0.05) is 36.6 Å². The van der Waals surface area contributed by atoms with Crippen molar-refractivity contribution in [3.8, 4) is 0 Å². The fourth-order valence-electron chi connectivity index (χ4n) is 3.48. The minimum absolute atomic E-state index is 0.174. The Bertz CT molecular complexity index is 481. The van der Waals surface area contributed by atoms with E-state index in [4.69, 9.17) is 17.3 Å². The summed E-state index contributed by atoms with van der Waals surface area (Å²) in [7, 11) is 0. The highest BCUT2D eigenvalue weighted by molar-refractivity contribution is 6.33. The van der Waals surface area contributed by atoms with E-state index in [1.54, 1.807) is 0 Å². The van der Waals surface area contributed by atoms with Gasteiger partial charge in [-0.05, 0) is 31.4 Å². The van der Waals surface area contributed by atoms with E-state index in [1.165, 1.54) is 19.3 Å². The van der Waals surface area contributed by atoms with Gasteiger partial charge in [-0.25, -0.2) is 0 Å². The molecule has 21 heavy (non-hydrogen) atoms. The van der Waals surface area contributed by atoms with Crippen LogP contribution in [-0.2, 0) is 0 Å². The first kappa shape index (κ1) is 15.1. The molecule has 2 aliphatic rings. The van der Waals surface area contributed by atoms with E-state index in [9.17, 15) is 0 Å². The second kappa shape index (κ2) is 6.15. The number of hydrogen-bond donors (Lipinski definition) is 1. The first-order valence-electron chi connectivity index (χ1n) is 8.07. The maximum Gasteiger partial charge on any atom is 0.0639 e. The third-order valence-corrected chi connectivity index (χ3v) is 5.42. The smallest absolute Gasteiger partial charge is 0.0639 e. The average molecular weight is 308 g/mol. The Kier molecular flexibility index (Phi) is 4.43. The summed E-state index contributed by atoms with van der Waals surface area (Å²) in [6, 6.07) is 8.14. The summed E-state index contributed by atoms with van der Waals surface area (Å²) in [5, 5.41) is 0.852. The first-order valence-corrected chi connectivity index (χ1v) is 8.45. The Morgan fingerprint density at radius 2 is 1.86 bits per heavy atom. The van der Waals surface area contributed by atoms with Crippen molar-refractivity contribution in [3.05, 3.63) is 29.3 Å². The highest BCUT2D eigenvalue weighted by Gasteiger charge is 2.38. The summed E-state index contributed by atoms with van der Waals surface area (Å²) in [6.45, 7) is 7.32. The third kappa shape index (κ3) is 3.36. The molecule has 1 aromatic carbocycles. The lowest BCUT2D eigenvalue weighted by Crippen LogP contribution is -2.59. The van der Waals surface area contributed by atoms with E-state index >= 15 is 0 Å². The first-order chi connectivity index (χ1) is 10.1. The van der Waals surface area contributed by atoms with Crippen LogP contribution in [0.5, 0.6) is 0 Å². The molecule has 1 heterocycles. The van der Waals surface area contributed by atoms with Crippen molar-refractivity contribution in [1.29, 1.82) is 0 Å². The summed E-state index contributed by atoms with van der Waals surface area (Å²) >= 11 is 6.31. The number of halogens is 1. The summed E-state index contributed by atoms with van der Waals surface area (Å²) < 4.78 is 0. The molecule has 0 bridgehead atoms. The van der Waals surface area contributed by atoms with Crippen LogP contribution >= 0.6 is 11.6 Å². The molecule has 3 rings (SSSR count). The summed E-state index contributed by atoms with van der Waals surface area (Å²) in [5.74, 6) is 0.917. The molecule has 1 aliphatic heterocycles.